The molecule has 0 aliphatic rings. The van der Waals surface area contributed by atoms with E-state index in [2.05, 4.69) is 36.1 Å². The van der Waals surface area contributed by atoms with Gasteiger partial charge in [0.1, 0.15) is 16.4 Å². The molecule has 1 aromatic carbocycles. The van der Waals surface area contributed by atoms with E-state index in [1.807, 2.05) is 19.1 Å². The van der Waals surface area contributed by atoms with Crippen LogP contribution >= 0.6 is 11.3 Å². The number of carbonyl (C=O) groups is 1. The van der Waals surface area contributed by atoms with Crippen molar-refractivity contribution in [2.75, 3.05) is 0 Å². The third-order valence-electron chi connectivity index (χ3n) is 3.54. The summed E-state index contributed by atoms with van der Waals surface area (Å²) in [6.45, 7) is 6.37. The Hall–Kier alpha value is -2.01. The quantitative estimate of drug-likeness (QED) is 0.685. The zero-order valence-corrected chi connectivity index (χ0v) is 13.1. The first kappa shape index (κ1) is 13.9. The van der Waals surface area contributed by atoms with Crippen LogP contribution in [0.15, 0.2) is 24.3 Å². The van der Waals surface area contributed by atoms with Gasteiger partial charge in [0, 0.05) is 5.56 Å². The van der Waals surface area contributed by atoms with Crippen LogP contribution in [0.4, 0.5) is 0 Å². The van der Waals surface area contributed by atoms with Crippen molar-refractivity contribution in [2.24, 2.45) is 0 Å². The third kappa shape index (κ3) is 2.38. The van der Waals surface area contributed by atoms with E-state index in [9.17, 15) is 4.79 Å². The fourth-order valence-electron chi connectivity index (χ4n) is 2.29. The zero-order chi connectivity index (χ0) is 15.0. The van der Waals surface area contributed by atoms with E-state index in [-0.39, 0.29) is 0 Å². The van der Waals surface area contributed by atoms with Gasteiger partial charge in [-0.25, -0.2) is 4.98 Å². The predicted molar refractivity (Wildman–Crippen MR) is 85.2 cm³/mol. The number of hydrogen-bond acceptors (Lipinski definition) is 4. The monoisotopic (exact) mass is 299 g/mol. The molecule has 3 aromatic rings. The van der Waals surface area contributed by atoms with Crippen LogP contribution in [0.25, 0.3) is 16.2 Å². The van der Waals surface area contributed by atoms with Gasteiger partial charge in [-0.3, -0.25) is 4.79 Å². The highest BCUT2D eigenvalue weighted by Gasteiger charge is 2.17. The van der Waals surface area contributed by atoms with E-state index < -0.39 is 0 Å². The highest BCUT2D eigenvalue weighted by Crippen LogP contribution is 2.27. The first-order valence-corrected chi connectivity index (χ1v) is 7.89. The number of fused-ring (bicyclic) bond motifs is 1. The Morgan fingerprint density at radius 2 is 2.00 bits per heavy atom. The molecule has 0 bridgehead atoms. The molecule has 0 aliphatic carbocycles. The van der Waals surface area contributed by atoms with E-state index in [1.54, 1.807) is 4.52 Å². The van der Waals surface area contributed by atoms with Crippen LogP contribution in [0, 0.1) is 0 Å². The van der Waals surface area contributed by atoms with Crippen molar-refractivity contribution < 1.29 is 4.79 Å². The molecule has 0 saturated heterocycles. The normalized spacial score (nSPS) is 11.4. The van der Waals surface area contributed by atoms with Gasteiger partial charge in [0.15, 0.2) is 6.29 Å². The number of hydrogen-bond donors (Lipinski definition) is 0. The molecule has 0 N–H and O–H groups in total. The molecule has 2 aromatic heterocycles. The zero-order valence-electron chi connectivity index (χ0n) is 12.3. The largest absolute Gasteiger partial charge is 0.296 e. The molecule has 3 rings (SSSR count). The molecule has 0 radical (unpaired) electrons. The molecule has 0 spiro atoms. The fourth-order valence-corrected chi connectivity index (χ4v) is 3.13. The van der Waals surface area contributed by atoms with Crippen LogP contribution < -0.4 is 0 Å². The summed E-state index contributed by atoms with van der Waals surface area (Å²) in [5.41, 5.74) is 3.47. The van der Waals surface area contributed by atoms with E-state index in [4.69, 9.17) is 0 Å². The van der Waals surface area contributed by atoms with Crippen LogP contribution in [0.3, 0.4) is 0 Å². The number of aromatic nitrogens is 3. The van der Waals surface area contributed by atoms with Crippen LogP contribution in [-0.2, 0) is 6.42 Å². The highest BCUT2D eigenvalue weighted by molar-refractivity contribution is 7.16. The van der Waals surface area contributed by atoms with Gasteiger partial charge in [-0.15, -0.1) is 0 Å². The molecule has 0 unspecified atom stereocenters. The van der Waals surface area contributed by atoms with Gasteiger partial charge in [0.25, 0.3) is 0 Å². The van der Waals surface area contributed by atoms with Gasteiger partial charge in [0.05, 0.1) is 0 Å². The van der Waals surface area contributed by atoms with Crippen molar-refractivity contribution in [1.29, 1.82) is 0 Å². The second-order valence-corrected chi connectivity index (χ2v) is 6.32. The maximum absolute atomic E-state index is 11.5. The van der Waals surface area contributed by atoms with Gasteiger partial charge in [-0.1, -0.05) is 56.4 Å². The van der Waals surface area contributed by atoms with Crippen molar-refractivity contribution in [1.82, 2.24) is 14.6 Å². The molecule has 4 nitrogen and oxygen atoms in total. The average Bonchev–Trinajstić information content (AvgIpc) is 3.03. The van der Waals surface area contributed by atoms with Gasteiger partial charge in [-0.05, 0) is 17.9 Å². The SMILES string of the molecule is CCc1nn2c(C=O)c(-c3ccc(C(C)C)cc3)nc2s1. The number of aldehydes is 1. The maximum Gasteiger partial charge on any atom is 0.213 e. The van der Waals surface area contributed by atoms with Gasteiger partial charge >= 0.3 is 0 Å². The highest BCUT2D eigenvalue weighted by atomic mass is 32.1. The summed E-state index contributed by atoms with van der Waals surface area (Å²) >= 11 is 1.53. The Labute approximate surface area is 127 Å². The summed E-state index contributed by atoms with van der Waals surface area (Å²) < 4.78 is 1.65. The molecule has 0 atom stereocenters. The van der Waals surface area contributed by atoms with Crippen molar-refractivity contribution in [3.05, 3.63) is 40.5 Å². The topological polar surface area (TPSA) is 47.3 Å². The lowest BCUT2D eigenvalue weighted by molar-refractivity contribution is 0.111. The van der Waals surface area contributed by atoms with E-state index in [0.717, 1.165) is 28.2 Å². The molecule has 21 heavy (non-hydrogen) atoms. The number of carbonyl (C=O) groups excluding carboxylic acids is 1. The number of nitrogens with zero attached hydrogens (tertiary/aromatic N) is 3. The smallest absolute Gasteiger partial charge is 0.213 e. The van der Waals surface area contributed by atoms with Crippen LogP contribution in [-0.4, -0.2) is 20.9 Å². The lowest BCUT2D eigenvalue weighted by Crippen LogP contribution is -1.95. The summed E-state index contributed by atoms with van der Waals surface area (Å²) in [6.07, 6.45) is 1.69. The number of benzene rings is 1. The summed E-state index contributed by atoms with van der Waals surface area (Å²) in [4.78, 5) is 16.8. The number of imidazole rings is 1. The minimum absolute atomic E-state index is 0.490. The molecule has 2 heterocycles. The van der Waals surface area contributed by atoms with E-state index >= 15 is 0 Å². The van der Waals surface area contributed by atoms with E-state index in [1.165, 1.54) is 16.9 Å². The molecular weight excluding hydrogens is 282 g/mol. The lowest BCUT2D eigenvalue weighted by Gasteiger charge is -2.05. The summed E-state index contributed by atoms with van der Waals surface area (Å²) in [6, 6.07) is 8.23. The third-order valence-corrected chi connectivity index (χ3v) is 4.60. The first-order chi connectivity index (χ1) is 10.1. The minimum Gasteiger partial charge on any atom is -0.296 e. The second-order valence-electron chi connectivity index (χ2n) is 5.28. The Balaban J connectivity index is 2.11. The van der Waals surface area contributed by atoms with Crippen molar-refractivity contribution in [3.63, 3.8) is 0 Å². The van der Waals surface area contributed by atoms with Crippen LogP contribution in [0.5, 0.6) is 0 Å². The molecule has 5 heteroatoms. The Morgan fingerprint density at radius 1 is 1.29 bits per heavy atom. The standard InChI is InChI=1S/C16H17N3OS/c1-4-14-18-19-13(9-20)15(17-16(19)21-14)12-7-5-11(6-8-12)10(2)3/h5-10H,4H2,1-3H3. The molecule has 0 fully saturated rings. The van der Waals surface area contributed by atoms with Crippen molar-refractivity contribution in [3.8, 4) is 11.3 Å². The maximum atomic E-state index is 11.5. The van der Waals surface area contributed by atoms with E-state index in [0.29, 0.717) is 17.3 Å². The minimum atomic E-state index is 0.490. The van der Waals surface area contributed by atoms with Crippen LogP contribution in [0.2, 0.25) is 0 Å². The molecule has 0 amide bonds. The predicted octanol–water partition coefficient (Wildman–Crippen LogP) is 3.96. The van der Waals surface area contributed by atoms with Crippen molar-refractivity contribution >= 4 is 22.6 Å². The van der Waals surface area contributed by atoms with Gasteiger partial charge in [0.2, 0.25) is 4.96 Å². The Kier molecular flexibility index (Phi) is 3.59. The molecule has 108 valence electrons. The number of aryl methyl sites for hydroxylation is 1. The molecule has 0 aliphatic heterocycles. The summed E-state index contributed by atoms with van der Waals surface area (Å²) in [5.74, 6) is 0.490. The number of rotatable bonds is 4. The van der Waals surface area contributed by atoms with Gasteiger partial charge < -0.3 is 0 Å². The van der Waals surface area contributed by atoms with Crippen molar-refractivity contribution in [2.45, 2.75) is 33.1 Å². The van der Waals surface area contributed by atoms with Gasteiger partial charge in [-0.2, -0.15) is 9.61 Å². The fraction of sp³-hybridized carbons (Fsp3) is 0.312. The lowest BCUT2D eigenvalue weighted by atomic mass is 10.0. The summed E-state index contributed by atoms with van der Waals surface area (Å²) in [5, 5.41) is 5.42. The Bertz CT molecular complexity index is 784. The molecular formula is C16H17N3OS. The summed E-state index contributed by atoms with van der Waals surface area (Å²) in [7, 11) is 0. The van der Waals surface area contributed by atoms with Crippen LogP contribution in [0.1, 0.15) is 47.7 Å². The Morgan fingerprint density at radius 3 is 2.57 bits per heavy atom. The average molecular weight is 299 g/mol. The second kappa shape index (κ2) is 5.41. The molecule has 0 saturated carbocycles. The first-order valence-electron chi connectivity index (χ1n) is 7.08.